The van der Waals surface area contributed by atoms with E-state index in [0.29, 0.717) is 24.7 Å². The second-order valence-electron chi connectivity index (χ2n) is 7.68. The van der Waals surface area contributed by atoms with Crippen molar-refractivity contribution in [1.82, 2.24) is 0 Å². The van der Waals surface area contributed by atoms with E-state index >= 15 is 0 Å². The summed E-state index contributed by atoms with van der Waals surface area (Å²) in [6.07, 6.45) is 6.73. The average Bonchev–Trinajstić information content (AvgIpc) is 2.42. The fourth-order valence-electron chi connectivity index (χ4n) is 5.39. The predicted octanol–water partition coefficient (Wildman–Crippen LogP) is 2.46. The maximum absolute atomic E-state index is 11.7. The molecule has 0 aromatic heterocycles. The molecule has 0 heterocycles. The van der Waals surface area contributed by atoms with Crippen molar-refractivity contribution in [1.29, 1.82) is 0 Å². The van der Waals surface area contributed by atoms with Crippen molar-refractivity contribution in [3.05, 3.63) is 11.6 Å². The Morgan fingerprint density at radius 3 is 2.80 bits per heavy atom. The molecule has 0 bridgehead atoms. The molecule has 0 aromatic carbocycles. The van der Waals surface area contributed by atoms with Crippen LogP contribution >= 0.6 is 0 Å². The Labute approximate surface area is 121 Å². The van der Waals surface area contributed by atoms with Crippen molar-refractivity contribution in [2.75, 3.05) is 6.61 Å². The van der Waals surface area contributed by atoms with Crippen molar-refractivity contribution in [3.63, 3.8) is 0 Å². The molecule has 3 heteroatoms. The Morgan fingerprint density at radius 2 is 2.10 bits per heavy atom. The average molecular weight is 278 g/mol. The largest absolute Gasteiger partial charge is 0.396 e. The Kier molecular flexibility index (Phi) is 3.33. The Balaban J connectivity index is 2.03. The van der Waals surface area contributed by atoms with E-state index in [2.05, 4.69) is 13.8 Å². The zero-order valence-corrected chi connectivity index (χ0v) is 12.6. The molecule has 3 aliphatic rings. The summed E-state index contributed by atoms with van der Waals surface area (Å²) in [6, 6.07) is 0. The van der Waals surface area contributed by atoms with Gasteiger partial charge >= 0.3 is 0 Å². The van der Waals surface area contributed by atoms with Crippen LogP contribution in [0.5, 0.6) is 0 Å². The highest BCUT2D eigenvalue weighted by atomic mass is 16.3. The molecule has 0 aromatic rings. The molecule has 2 fully saturated rings. The van der Waals surface area contributed by atoms with Gasteiger partial charge in [-0.15, -0.1) is 0 Å². The number of allylic oxidation sites excluding steroid dienone is 1. The van der Waals surface area contributed by atoms with Crippen LogP contribution in [0.1, 0.15) is 52.4 Å². The molecule has 5 atom stereocenters. The summed E-state index contributed by atoms with van der Waals surface area (Å²) in [7, 11) is 0. The number of rotatable bonds is 1. The molecule has 112 valence electrons. The summed E-state index contributed by atoms with van der Waals surface area (Å²) >= 11 is 0. The Morgan fingerprint density at radius 1 is 1.35 bits per heavy atom. The summed E-state index contributed by atoms with van der Waals surface area (Å²) in [5.74, 6) is 0.831. The van der Waals surface area contributed by atoms with E-state index in [1.54, 1.807) is 6.08 Å². The lowest BCUT2D eigenvalue weighted by Gasteiger charge is -2.60. The van der Waals surface area contributed by atoms with Crippen LogP contribution in [0.15, 0.2) is 11.6 Å². The van der Waals surface area contributed by atoms with E-state index in [-0.39, 0.29) is 23.2 Å². The van der Waals surface area contributed by atoms with Crippen LogP contribution in [0, 0.1) is 22.7 Å². The van der Waals surface area contributed by atoms with Gasteiger partial charge in [-0.25, -0.2) is 0 Å². The first kappa shape index (κ1) is 14.3. The van der Waals surface area contributed by atoms with Crippen molar-refractivity contribution in [2.24, 2.45) is 22.7 Å². The molecule has 0 radical (unpaired) electrons. The minimum Gasteiger partial charge on any atom is -0.396 e. The summed E-state index contributed by atoms with van der Waals surface area (Å²) in [5.41, 5.74) is 1.02. The molecular weight excluding hydrogens is 252 g/mol. The molecule has 2 saturated carbocycles. The number of ketones is 1. The number of aliphatic hydroxyl groups excluding tert-OH is 2. The third-order valence-corrected chi connectivity index (χ3v) is 6.51. The molecule has 20 heavy (non-hydrogen) atoms. The van der Waals surface area contributed by atoms with Gasteiger partial charge in [0.05, 0.1) is 6.10 Å². The van der Waals surface area contributed by atoms with E-state index in [1.165, 1.54) is 0 Å². The minimum atomic E-state index is -0.494. The maximum Gasteiger partial charge on any atom is 0.155 e. The molecule has 0 amide bonds. The number of carbonyl (C=O) groups excluding carboxylic acids is 1. The highest BCUT2D eigenvalue weighted by Gasteiger charge is 2.57. The number of aliphatic hydroxyl groups is 2. The van der Waals surface area contributed by atoms with Gasteiger partial charge in [0.25, 0.3) is 0 Å². The van der Waals surface area contributed by atoms with Gasteiger partial charge in [-0.1, -0.05) is 20.3 Å². The maximum atomic E-state index is 11.7. The standard InChI is InChI=1S/C17H26O3/c1-16(10-18)6-3-7-17(2)13-5-4-11(19)8-12(13)14(20)9-15(16)17/h8,13-15,18,20H,3-7,9-10H2,1-2H3/t13-,14+,15-,16+,17+/m0/s1. The van der Waals surface area contributed by atoms with Gasteiger partial charge in [-0.2, -0.15) is 0 Å². The minimum absolute atomic E-state index is 0.0824. The lowest BCUT2D eigenvalue weighted by Crippen LogP contribution is -2.55. The third kappa shape index (κ3) is 1.90. The molecular formula is C17H26O3. The highest BCUT2D eigenvalue weighted by molar-refractivity contribution is 5.91. The molecule has 0 unspecified atom stereocenters. The summed E-state index contributed by atoms with van der Waals surface area (Å²) < 4.78 is 0. The SMILES string of the molecule is C[C@]1(CO)CCC[C@]2(C)[C@H]3CCC(=O)C=C3[C@H](O)C[C@@H]12. The molecule has 0 aliphatic heterocycles. The molecule has 0 spiro atoms. The van der Waals surface area contributed by atoms with Crippen molar-refractivity contribution < 1.29 is 15.0 Å². The van der Waals surface area contributed by atoms with Crippen LogP contribution in [0.2, 0.25) is 0 Å². The van der Waals surface area contributed by atoms with Crippen LogP contribution in [0.4, 0.5) is 0 Å². The molecule has 2 N–H and O–H groups in total. The lowest BCUT2D eigenvalue weighted by atomic mass is 9.45. The molecule has 3 nitrogen and oxygen atoms in total. The van der Waals surface area contributed by atoms with Gasteiger partial charge in [0.15, 0.2) is 5.78 Å². The molecule has 3 aliphatic carbocycles. The highest BCUT2D eigenvalue weighted by Crippen LogP contribution is 2.62. The predicted molar refractivity (Wildman–Crippen MR) is 77.1 cm³/mol. The van der Waals surface area contributed by atoms with E-state index in [9.17, 15) is 15.0 Å². The van der Waals surface area contributed by atoms with Gasteiger partial charge < -0.3 is 10.2 Å². The number of hydrogen-bond acceptors (Lipinski definition) is 3. The summed E-state index contributed by atoms with van der Waals surface area (Å²) in [6.45, 7) is 4.69. The van der Waals surface area contributed by atoms with E-state index in [1.807, 2.05) is 0 Å². The zero-order valence-electron chi connectivity index (χ0n) is 12.6. The number of hydrogen-bond donors (Lipinski definition) is 2. The quantitative estimate of drug-likeness (QED) is 0.774. The van der Waals surface area contributed by atoms with Gasteiger partial charge in [0.2, 0.25) is 0 Å². The zero-order chi connectivity index (χ0) is 14.5. The molecule has 0 saturated heterocycles. The first-order valence-corrected chi connectivity index (χ1v) is 7.94. The van der Waals surface area contributed by atoms with Crippen molar-refractivity contribution in [3.8, 4) is 0 Å². The molecule has 3 rings (SSSR count). The van der Waals surface area contributed by atoms with E-state index in [4.69, 9.17) is 0 Å². The van der Waals surface area contributed by atoms with Crippen LogP contribution in [-0.4, -0.2) is 28.7 Å². The van der Waals surface area contributed by atoms with Crippen LogP contribution in [-0.2, 0) is 4.79 Å². The van der Waals surface area contributed by atoms with Crippen molar-refractivity contribution in [2.45, 2.75) is 58.5 Å². The first-order valence-electron chi connectivity index (χ1n) is 7.94. The van der Waals surface area contributed by atoms with Crippen LogP contribution < -0.4 is 0 Å². The lowest BCUT2D eigenvalue weighted by molar-refractivity contribution is -0.123. The van der Waals surface area contributed by atoms with Gasteiger partial charge in [0, 0.05) is 13.0 Å². The second-order valence-corrected chi connectivity index (χ2v) is 7.68. The fourth-order valence-corrected chi connectivity index (χ4v) is 5.39. The second kappa shape index (κ2) is 4.67. The summed E-state index contributed by atoms with van der Waals surface area (Å²) in [4.78, 5) is 11.7. The normalized spacial score (nSPS) is 48.3. The topological polar surface area (TPSA) is 57.5 Å². The van der Waals surface area contributed by atoms with Crippen LogP contribution in [0.3, 0.4) is 0 Å². The van der Waals surface area contributed by atoms with E-state index in [0.717, 1.165) is 31.3 Å². The van der Waals surface area contributed by atoms with E-state index < -0.39 is 6.10 Å². The smallest absolute Gasteiger partial charge is 0.155 e. The monoisotopic (exact) mass is 278 g/mol. The number of fused-ring (bicyclic) bond motifs is 3. The summed E-state index contributed by atoms with van der Waals surface area (Å²) in [5, 5.41) is 20.4. The Hall–Kier alpha value is -0.670. The Bertz CT molecular complexity index is 455. The first-order chi connectivity index (χ1) is 9.40. The number of carbonyl (C=O) groups is 1. The van der Waals surface area contributed by atoms with Crippen LogP contribution in [0.25, 0.3) is 0 Å². The van der Waals surface area contributed by atoms with Gasteiger partial charge in [0.1, 0.15) is 0 Å². The van der Waals surface area contributed by atoms with Crippen molar-refractivity contribution >= 4 is 5.78 Å². The van der Waals surface area contributed by atoms with Gasteiger partial charge in [-0.05, 0) is 60.0 Å². The fraction of sp³-hybridized carbons (Fsp3) is 0.824. The third-order valence-electron chi connectivity index (χ3n) is 6.51. The van der Waals surface area contributed by atoms with Gasteiger partial charge in [-0.3, -0.25) is 4.79 Å².